The van der Waals surface area contributed by atoms with E-state index in [2.05, 4.69) is 10.3 Å². The molecule has 1 heterocycles. The number of thiazole rings is 1. The predicted octanol–water partition coefficient (Wildman–Crippen LogP) is 6.46. The fourth-order valence-electron chi connectivity index (χ4n) is 2.08. The van der Waals surface area contributed by atoms with Gasteiger partial charge in [-0.3, -0.25) is 0 Å². The number of anilines is 2. The van der Waals surface area contributed by atoms with Gasteiger partial charge >= 0.3 is 6.18 Å². The van der Waals surface area contributed by atoms with Crippen molar-refractivity contribution in [3.05, 3.63) is 65.0 Å². The molecule has 126 valence electrons. The van der Waals surface area contributed by atoms with Gasteiger partial charge in [0.25, 0.3) is 0 Å². The summed E-state index contributed by atoms with van der Waals surface area (Å²) in [6.45, 7) is 2.01. The number of alkyl halides is 3. The summed E-state index contributed by atoms with van der Waals surface area (Å²) in [6.07, 6.45) is -4.35. The summed E-state index contributed by atoms with van der Waals surface area (Å²) in [5, 5.41) is 5.36. The van der Waals surface area contributed by atoms with Crippen LogP contribution in [0.4, 0.5) is 24.0 Å². The third kappa shape index (κ3) is 4.36. The zero-order valence-corrected chi connectivity index (χ0v) is 15.1. The quantitative estimate of drug-likeness (QED) is 0.531. The van der Waals surface area contributed by atoms with Crippen molar-refractivity contribution in [3.8, 4) is 11.3 Å². The first-order chi connectivity index (χ1) is 10.9. The first-order valence-corrected chi connectivity index (χ1v) is 7.77. The molecule has 3 aromatic rings. The van der Waals surface area contributed by atoms with Crippen molar-refractivity contribution in [1.29, 1.82) is 0 Å². The van der Waals surface area contributed by atoms with E-state index in [-0.39, 0.29) is 17.0 Å². The fourth-order valence-corrected chi connectivity index (χ4v) is 2.82. The molecule has 0 unspecified atom stereocenters. The highest BCUT2D eigenvalue weighted by Crippen LogP contribution is 2.32. The molecular formula is C17H14BrF3N2S. The van der Waals surface area contributed by atoms with E-state index in [0.717, 1.165) is 29.0 Å². The highest BCUT2D eigenvalue weighted by atomic mass is 79.9. The Morgan fingerprint density at radius 3 is 2.42 bits per heavy atom. The Balaban J connectivity index is 0.00000208. The lowest BCUT2D eigenvalue weighted by molar-refractivity contribution is -0.137. The SMILES string of the molecule is Br.Cc1ccc(-c2csc(Nc3cccc(C(F)(F)F)c3)n2)cc1. The molecule has 0 aliphatic heterocycles. The van der Waals surface area contributed by atoms with E-state index < -0.39 is 11.7 Å². The zero-order valence-electron chi connectivity index (χ0n) is 12.6. The molecule has 3 rings (SSSR count). The molecule has 2 nitrogen and oxygen atoms in total. The molecule has 0 spiro atoms. The van der Waals surface area contributed by atoms with Gasteiger partial charge in [0.05, 0.1) is 11.3 Å². The molecule has 0 aliphatic rings. The van der Waals surface area contributed by atoms with Crippen molar-refractivity contribution in [3.63, 3.8) is 0 Å². The monoisotopic (exact) mass is 414 g/mol. The minimum absolute atomic E-state index is 0. The van der Waals surface area contributed by atoms with Crippen LogP contribution in [-0.2, 0) is 6.18 Å². The second-order valence-corrected chi connectivity index (χ2v) is 5.97. The van der Waals surface area contributed by atoms with Crippen LogP contribution >= 0.6 is 28.3 Å². The Morgan fingerprint density at radius 1 is 1.04 bits per heavy atom. The lowest BCUT2D eigenvalue weighted by atomic mass is 10.1. The van der Waals surface area contributed by atoms with Crippen molar-refractivity contribution in [2.45, 2.75) is 13.1 Å². The van der Waals surface area contributed by atoms with E-state index in [9.17, 15) is 13.2 Å². The highest BCUT2D eigenvalue weighted by Gasteiger charge is 2.30. The number of rotatable bonds is 3. The summed E-state index contributed by atoms with van der Waals surface area (Å²) < 4.78 is 38.2. The van der Waals surface area contributed by atoms with Crippen LogP contribution in [0.25, 0.3) is 11.3 Å². The number of halogens is 4. The van der Waals surface area contributed by atoms with Gasteiger partial charge in [0.2, 0.25) is 0 Å². The molecule has 1 aromatic heterocycles. The predicted molar refractivity (Wildman–Crippen MR) is 97.3 cm³/mol. The van der Waals surface area contributed by atoms with Gasteiger partial charge in [-0.1, -0.05) is 35.9 Å². The van der Waals surface area contributed by atoms with Crippen molar-refractivity contribution in [1.82, 2.24) is 4.98 Å². The minimum Gasteiger partial charge on any atom is -0.332 e. The lowest BCUT2D eigenvalue weighted by Crippen LogP contribution is -2.05. The molecule has 0 aliphatic carbocycles. The van der Waals surface area contributed by atoms with E-state index in [0.29, 0.717) is 10.8 Å². The number of aromatic nitrogens is 1. The first-order valence-electron chi connectivity index (χ1n) is 6.89. The maximum atomic E-state index is 12.7. The fraction of sp³-hybridized carbons (Fsp3) is 0.118. The van der Waals surface area contributed by atoms with Crippen LogP contribution in [0.5, 0.6) is 0 Å². The summed E-state index contributed by atoms with van der Waals surface area (Å²) in [5.41, 5.74) is 2.61. The molecule has 0 saturated heterocycles. The Labute approximate surface area is 152 Å². The van der Waals surface area contributed by atoms with Gasteiger partial charge in [-0.15, -0.1) is 28.3 Å². The summed E-state index contributed by atoms with van der Waals surface area (Å²) >= 11 is 1.35. The topological polar surface area (TPSA) is 24.9 Å². The van der Waals surface area contributed by atoms with Crippen molar-refractivity contribution < 1.29 is 13.2 Å². The van der Waals surface area contributed by atoms with Crippen molar-refractivity contribution in [2.24, 2.45) is 0 Å². The van der Waals surface area contributed by atoms with Crippen LogP contribution < -0.4 is 5.32 Å². The summed E-state index contributed by atoms with van der Waals surface area (Å²) in [7, 11) is 0. The smallest absolute Gasteiger partial charge is 0.332 e. The molecular weight excluding hydrogens is 401 g/mol. The normalized spacial score (nSPS) is 11.0. The molecule has 0 bridgehead atoms. The van der Waals surface area contributed by atoms with Crippen molar-refractivity contribution >= 4 is 39.1 Å². The molecule has 2 aromatic carbocycles. The molecule has 1 N–H and O–H groups in total. The third-order valence-corrected chi connectivity index (χ3v) is 4.05. The van der Waals surface area contributed by atoms with Crippen LogP contribution in [0.2, 0.25) is 0 Å². The second kappa shape index (κ2) is 7.36. The van der Waals surface area contributed by atoms with Gasteiger partial charge in [-0.05, 0) is 25.1 Å². The van der Waals surface area contributed by atoms with Crippen LogP contribution in [-0.4, -0.2) is 4.98 Å². The van der Waals surface area contributed by atoms with Gasteiger partial charge < -0.3 is 5.32 Å². The second-order valence-electron chi connectivity index (χ2n) is 5.11. The average molecular weight is 415 g/mol. The summed E-state index contributed by atoms with van der Waals surface area (Å²) in [4.78, 5) is 4.42. The van der Waals surface area contributed by atoms with Crippen LogP contribution in [0.15, 0.2) is 53.9 Å². The Morgan fingerprint density at radius 2 is 1.75 bits per heavy atom. The van der Waals surface area contributed by atoms with Crippen molar-refractivity contribution in [2.75, 3.05) is 5.32 Å². The molecule has 0 saturated carbocycles. The molecule has 0 atom stereocenters. The molecule has 0 radical (unpaired) electrons. The summed E-state index contributed by atoms with van der Waals surface area (Å²) in [6, 6.07) is 13.0. The minimum atomic E-state index is -4.35. The first kappa shape index (κ1) is 18.5. The van der Waals surface area contributed by atoms with Crippen LogP contribution in [0.1, 0.15) is 11.1 Å². The molecule has 7 heteroatoms. The maximum Gasteiger partial charge on any atom is 0.416 e. The average Bonchev–Trinajstić information content (AvgIpc) is 2.96. The van der Waals surface area contributed by atoms with E-state index in [1.54, 1.807) is 6.07 Å². The van der Waals surface area contributed by atoms with Gasteiger partial charge in [-0.25, -0.2) is 4.98 Å². The Hall–Kier alpha value is -1.86. The lowest BCUT2D eigenvalue weighted by Gasteiger charge is -2.08. The number of aryl methyl sites for hydroxylation is 1. The van der Waals surface area contributed by atoms with Crippen LogP contribution in [0.3, 0.4) is 0 Å². The molecule has 0 amide bonds. The van der Waals surface area contributed by atoms with Gasteiger partial charge in [0.1, 0.15) is 0 Å². The van der Waals surface area contributed by atoms with Gasteiger partial charge in [0.15, 0.2) is 5.13 Å². The third-order valence-electron chi connectivity index (χ3n) is 3.29. The van der Waals surface area contributed by atoms with Gasteiger partial charge in [-0.2, -0.15) is 13.2 Å². The number of nitrogens with one attached hydrogen (secondary N) is 1. The van der Waals surface area contributed by atoms with E-state index in [4.69, 9.17) is 0 Å². The number of hydrogen-bond acceptors (Lipinski definition) is 3. The summed E-state index contributed by atoms with van der Waals surface area (Å²) in [5.74, 6) is 0. The van der Waals surface area contributed by atoms with Gasteiger partial charge in [0, 0.05) is 16.6 Å². The largest absolute Gasteiger partial charge is 0.416 e. The Kier molecular flexibility index (Phi) is 5.66. The van der Waals surface area contributed by atoms with Crippen LogP contribution in [0, 0.1) is 6.92 Å². The highest BCUT2D eigenvalue weighted by molar-refractivity contribution is 8.93. The number of hydrogen-bond donors (Lipinski definition) is 1. The number of benzene rings is 2. The van der Waals surface area contributed by atoms with E-state index in [1.165, 1.54) is 17.4 Å². The van der Waals surface area contributed by atoms with E-state index in [1.807, 2.05) is 36.6 Å². The standard InChI is InChI=1S/C17H13F3N2S.BrH/c1-11-5-7-12(8-6-11)15-10-23-16(22-15)21-14-4-2-3-13(9-14)17(18,19)20;/h2-10H,1H3,(H,21,22);1H. The molecule has 0 fully saturated rings. The zero-order chi connectivity index (χ0) is 16.4. The Bertz CT molecular complexity index is 813. The number of nitrogens with zero attached hydrogens (tertiary/aromatic N) is 1. The maximum absolute atomic E-state index is 12.7. The van der Waals surface area contributed by atoms with E-state index >= 15 is 0 Å². The molecule has 24 heavy (non-hydrogen) atoms.